The lowest BCUT2D eigenvalue weighted by atomic mass is 10.0. The van der Waals surface area contributed by atoms with Crippen LogP contribution in [0.15, 0.2) is 24.3 Å². The van der Waals surface area contributed by atoms with E-state index in [1.165, 1.54) is 6.92 Å². The Morgan fingerprint density at radius 3 is 2.75 bits per heavy atom. The molecule has 1 aromatic carbocycles. The molecule has 2 amide bonds. The third-order valence-electron chi connectivity index (χ3n) is 3.59. The number of carbonyl (C=O) groups is 2. The molecule has 3 rings (SSSR count). The molecule has 0 aromatic heterocycles. The van der Waals surface area contributed by atoms with Crippen molar-refractivity contribution in [1.29, 1.82) is 0 Å². The Hall–Kier alpha value is -2.08. The van der Waals surface area contributed by atoms with Crippen LogP contribution in [-0.4, -0.2) is 48.6 Å². The van der Waals surface area contributed by atoms with Crippen molar-refractivity contribution in [2.24, 2.45) is 0 Å². The van der Waals surface area contributed by atoms with Crippen LogP contribution in [0.1, 0.15) is 6.92 Å². The van der Waals surface area contributed by atoms with E-state index in [-0.39, 0.29) is 5.91 Å². The standard InChI is InChI=1S/C14H16N2O4/c1-14(13(18)16-6-8-19-9-7-16)12(17)15-10-4-2-3-5-11(10)20-14/h2-5H,6-9H2,1H3,(H,15,17)/t14-/m0/s1. The molecule has 2 heterocycles. The highest BCUT2D eigenvalue weighted by Crippen LogP contribution is 2.34. The van der Waals surface area contributed by atoms with Crippen LogP contribution < -0.4 is 10.1 Å². The van der Waals surface area contributed by atoms with E-state index in [1.54, 1.807) is 29.2 Å². The Bertz CT molecular complexity index is 554. The third kappa shape index (κ3) is 2.02. The normalized spacial score (nSPS) is 25.4. The maximum Gasteiger partial charge on any atom is 0.278 e. The molecule has 1 fully saturated rings. The van der Waals surface area contributed by atoms with Crippen LogP contribution in [0.2, 0.25) is 0 Å². The van der Waals surface area contributed by atoms with Crippen molar-refractivity contribution in [1.82, 2.24) is 4.90 Å². The largest absolute Gasteiger partial charge is 0.466 e. The fourth-order valence-corrected chi connectivity index (χ4v) is 2.38. The van der Waals surface area contributed by atoms with E-state index in [9.17, 15) is 9.59 Å². The van der Waals surface area contributed by atoms with Crippen molar-refractivity contribution in [3.8, 4) is 5.75 Å². The van der Waals surface area contributed by atoms with Gasteiger partial charge < -0.3 is 19.7 Å². The van der Waals surface area contributed by atoms with Crippen molar-refractivity contribution in [3.63, 3.8) is 0 Å². The van der Waals surface area contributed by atoms with Crippen LogP contribution in [-0.2, 0) is 14.3 Å². The predicted octanol–water partition coefficient (Wildman–Crippen LogP) is 0.635. The lowest BCUT2D eigenvalue weighted by molar-refractivity contribution is -0.157. The van der Waals surface area contributed by atoms with Crippen molar-refractivity contribution in [3.05, 3.63) is 24.3 Å². The Balaban J connectivity index is 1.88. The van der Waals surface area contributed by atoms with Gasteiger partial charge in [-0.2, -0.15) is 0 Å². The Morgan fingerprint density at radius 1 is 1.30 bits per heavy atom. The number of benzene rings is 1. The van der Waals surface area contributed by atoms with Crippen LogP contribution >= 0.6 is 0 Å². The Labute approximate surface area is 116 Å². The minimum atomic E-state index is -1.52. The lowest BCUT2D eigenvalue weighted by Gasteiger charge is -2.38. The first-order valence-electron chi connectivity index (χ1n) is 6.58. The molecule has 0 bridgehead atoms. The van der Waals surface area contributed by atoms with Gasteiger partial charge in [-0.25, -0.2) is 0 Å². The molecule has 20 heavy (non-hydrogen) atoms. The fourth-order valence-electron chi connectivity index (χ4n) is 2.38. The second-order valence-corrected chi connectivity index (χ2v) is 4.99. The fraction of sp³-hybridized carbons (Fsp3) is 0.429. The van der Waals surface area contributed by atoms with E-state index in [4.69, 9.17) is 9.47 Å². The molecule has 2 aliphatic rings. The van der Waals surface area contributed by atoms with Crippen LogP contribution in [0.25, 0.3) is 0 Å². The van der Waals surface area contributed by atoms with Crippen molar-refractivity contribution < 1.29 is 19.1 Å². The van der Waals surface area contributed by atoms with Crippen LogP contribution in [0.5, 0.6) is 5.75 Å². The zero-order valence-electron chi connectivity index (χ0n) is 11.2. The Morgan fingerprint density at radius 2 is 2.00 bits per heavy atom. The maximum absolute atomic E-state index is 12.6. The second kappa shape index (κ2) is 4.79. The number of nitrogens with zero attached hydrogens (tertiary/aromatic N) is 1. The van der Waals surface area contributed by atoms with E-state index < -0.39 is 11.5 Å². The van der Waals surface area contributed by atoms with E-state index in [0.717, 1.165) is 0 Å². The highest BCUT2D eigenvalue weighted by atomic mass is 16.5. The number of nitrogens with one attached hydrogen (secondary N) is 1. The van der Waals surface area contributed by atoms with Gasteiger partial charge in [0.25, 0.3) is 17.4 Å². The quantitative estimate of drug-likeness (QED) is 0.764. The molecule has 1 atom stereocenters. The van der Waals surface area contributed by atoms with E-state index in [2.05, 4.69) is 5.32 Å². The van der Waals surface area contributed by atoms with Gasteiger partial charge in [0.1, 0.15) is 5.75 Å². The van der Waals surface area contributed by atoms with Gasteiger partial charge in [-0.15, -0.1) is 0 Å². The first-order valence-corrected chi connectivity index (χ1v) is 6.58. The predicted molar refractivity (Wildman–Crippen MR) is 71.5 cm³/mol. The summed E-state index contributed by atoms with van der Waals surface area (Å²) in [5.41, 5.74) is -0.934. The summed E-state index contributed by atoms with van der Waals surface area (Å²) in [6.45, 7) is 3.44. The zero-order chi connectivity index (χ0) is 14.2. The average Bonchev–Trinajstić information content (AvgIpc) is 2.48. The monoisotopic (exact) mass is 276 g/mol. The summed E-state index contributed by atoms with van der Waals surface area (Å²) in [5.74, 6) is -0.253. The first kappa shape index (κ1) is 12.9. The topological polar surface area (TPSA) is 67.9 Å². The number of hydrogen-bond acceptors (Lipinski definition) is 4. The van der Waals surface area contributed by atoms with Crippen molar-refractivity contribution >= 4 is 17.5 Å². The van der Waals surface area contributed by atoms with Crippen molar-refractivity contribution in [2.45, 2.75) is 12.5 Å². The number of hydrogen-bond donors (Lipinski definition) is 1. The summed E-state index contributed by atoms with van der Waals surface area (Å²) >= 11 is 0. The van der Waals surface area contributed by atoms with E-state index in [1.807, 2.05) is 0 Å². The maximum atomic E-state index is 12.6. The lowest BCUT2D eigenvalue weighted by Crippen LogP contribution is -2.61. The second-order valence-electron chi connectivity index (χ2n) is 4.99. The first-order chi connectivity index (χ1) is 9.61. The number of fused-ring (bicyclic) bond motifs is 1. The smallest absolute Gasteiger partial charge is 0.278 e. The number of morpholine rings is 1. The van der Waals surface area contributed by atoms with Crippen LogP contribution in [0.3, 0.4) is 0 Å². The molecule has 1 aromatic rings. The third-order valence-corrected chi connectivity index (χ3v) is 3.59. The molecule has 106 valence electrons. The SMILES string of the molecule is C[C@]1(C(=O)N2CCOCC2)Oc2ccccc2NC1=O. The summed E-state index contributed by atoms with van der Waals surface area (Å²) in [4.78, 5) is 26.4. The summed E-state index contributed by atoms with van der Waals surface area (Å²) < 4.78 is 10.9. The molecular formula is C14H16N2O4. The van der Waals surface area contributed by atoms with Gasteiger partial charge in [0, 0.05) is 13.1 Å². The van der Waals surface area contributed by atoms with Gasteiger partial charge in [-0.1, -0.05) is 12.1 Å². The summed E-state index contributed by atoms with van der Waals surface area (Å²) in [6, 6.07) is 7.08. The van der Waals surface area contributed by atoms with Gasteiger partial charge in [-0.3, -0.25) is 9.59 Å². The molecule has 0 spiro atoms. The molecule has 0 radical (unpaired) electrons. The molecule has 6 nitrogen and oxygen atoms in total. The van der Waals surface area contributed by atoms with E-state index >= 15 is 0 Å². The van der Waals surface area contributed by atoms with E-state index in [0.29, 0.717) is 37.7 Å². The minimum Gasteiger partial charge on any atom is -0.466 e. The molecule has 0 unspecified atom stereocenters. The van der Waals surface area contributed by atoms with Crippen LogP contribution in [0.4, 0.5) is 5.69 Å². The molecule has 1 N–H and O–H groups in total. The molecular weight excluding hydrogens is 260 g/mol. The summed E-state index contributed by atoms with van der Waals surface area (Å²) in [7, 11) is 0. The van der Waals surface area contributed by atoms with Gasteiger partial charge in [-0.05, 0) is 19.1 Å². The number of anilines is 1. The van der Waals surface area contributed by atoms with Gasteiger partial charge in [0.15, 0.2) is 0 Å². The Kier molecular flexibility index (Phi) is 3.10. The van der Waals surface area contributed by atoms with Crippen LogP contribution in [0, 0.1) is 0 Å². The molecule has 0 aliphatic carbocycles. The number of para-hydroxylation sites is 2. The number of rotatable bonds is 1. The summed E-state index contributed by atoms with van der Waals surface area (Å²) in [6.07, 6.45) is 0. The highest BCUT2D eigenvalue weighted by molar-refractivity contribution is 6.15. The number of carbonyl (C=O) groups excluding carboxylic acids is 2. The highest BCUT2D eigenvalue weighted by Gasteiger charge is 2.49. The van der Waals surface area contributed by atoms with Gasteiger partial charge in [0.05, 0.1) is 18.9 Å². The van der Waals surface area contributed by atoms with Gasteiger partial charge >= 0.3 is 0 Å². The minimum absolute atomic E-state index is 0.326. The summed E-state index contributed by atoms with van der Waals surface area (Å²) in [5, 5.41) is 2.73. The molecule has 0 saturated carbocycles. The zero-order valence-corrected chi connectivity index (χ0v) is 11.2. The molecule has 1 saturated heterocycles. The molecule has 2 aliphatic heterocycles. The molecule has 6 heteroatoms. The van der Waals surface area contributed by atoms with Gasteiger partial charge in [0.2, 0.25) is 0 Å². The average molecular weight is 276 g/mol. The number of amides is 2. The number of ether oxygens (including phenoxy) is 2. The van der Waals surface area contributed by atoms with Crippen molar-refractivity contribution in [2.75, 3.05) is 31.6 Å².